The van der Waals surface area contributed by atoms with Gasteiger partial charge < -0.3 is 10.1 Å². The van der Waals surface area contributed by atoms with Crippen LogP contribution >= 0.6 is 23.2 Å². The Kier molecular flexibility index (Phi) is 5.77. The second-order valence-corrected chi connectivity index (χ2v) is 5.76. The number of aryl methyl sites for hydroxylation is 1. The normalized spacial score (nSPS) is 12.0. The smallest absolute Gasteiger partial charge is 0.122 e. The molecule has 0 aliphatic heterocycles. The van der Waals surface area contributed by atoms with Gasteiger partial charge in [0.15, 0.2) is 0 Å². The summed E-state index contributed by atoms with van der Waals surface area (Å²) in [4.78, 5) is 0. The molecule has 21 heavy (non-hydrogen) atoms. The zero-order chi connectivity index (χ0) is 15.2. The maximum Gasteiger partial charge on any atom is 0.122 e. The lowest BCUT2D eigenvalue weighted by Gasteiger charge is -2.20. The summed E-state index contributed by atoms with van der Waals surface area (Å²) in [5.74, 6) is 0.924. The van der Waals surface area contributed by atoms with E-state index in [9.17, 15) is 0 Å². The molecule has 112 valence electrons. The van der Waals surface area contributed by atoms with Crippen molar-refractivity contribution in [2.24, 2.45) is 0 Å². The van der Waals surface area contributed by atoms with E-state index in [1.807, 2.05) is 43.3 Å². The van der Waals surface area contributed by atoms with Gasteiger partial charge in [0, 0.05) is 5.02 Å². The van der Waals surface area contributed by atoms with Crippen LogP contribution in [0.25, 0.3) is 0 Å². The van der Waals surface area contributed by atoms with Gasteiger partial charge in [0.1, 0.15) is 11.9 Å². The fourth-order valence-electron chi connectivity index (χ4n) is 1.99. The quantitative estimate of drug-likeness (QED) is 0.750. The van der Waals surface area contributed by atoms with Crippen molar-refractivity contribution in [1.29, 1.82) is 0 Å². The molecule has 0 aromatic heterocycles. The molecule has 0 saturated carbocycles. The van der Waals surface area contributed by atoms with Gasteiger partial charge in [0.25, 0.3) is 0 Å². The van der Waals surface area contributed by atoms with Crippen LogP contribution in [0.1, 0.15) is 18.9 Å². The first-order chi connectivity index (χ1) is 10.1. The van der Waals surface area contributed by atoms with Gasteiger partial charge in [-0.1, -0.05) is 48.3 Å². The Morgan fingerprint density at radius 2 is 1.90 bits per heavy atom. The molecule has 1 unspecified atom stereocenters. The van der Waals surface area contributed by atoms with Gasteiger partial charge >= 0.3 is 0 Å². The monoisotopic (exact) mass is 323 g/mol. The van der Waals surface area contributed by atoms with E-state index in [1.165, 1.54) is 0 Å². The van der Waals surface area contributed by atoms with Crippen LogP contribution in [0.2, 0.25) is 10.0 Å². The minimum absolute atomic E-state index is 0.0813. The Balaban J connectivity index is 1.98. The van der Waals surface area contributed by atoms with E-state index in [1.54, 1.807) is 6.07 Å². The molecule has 2 rings (SSSR count). The lowest BCUT2D eigenvalue weighted by Crippen LogP contribution is -2.25. The maximum absolute atomic E-state index is 6.15. The van der Waals surface area contributed by atoms with Crippen molar-refractivity contribution >= 4 is 28.9 Å². The molecule has 2 aromatic carbocycles. The van der Waals surface area contributed by atoms with Crippen LogP contribution in [0.15, 0.2) is 42.5 Å². The Hall–Kier alpha value is -1.38. The van der Waals surface area contributed by atoms with E-state index >= 15 is 0 Å². The van der Waals surface area contributed by atoms with Crippen LogP contribution < -0.4 is 10.1 Å². The number of halogens is 2. The van der Waals surface area contributed by atoms with Gasteiger partial charge in [-0.2, -0.15) is 0 Å². The predicted octanol–water partition coefficient (Wildman–Crippen LogP) is 5.57. The Morgan fingerprint density at radius 3 is 2.57 bits per heavy atom. The number of hydrogen-bond acceptors (Lipinski definition) is 2. The number of ether oxygens (including phenoxy) is 1. The van der Waals surface area contributed by atoms with E-state index < -0.39 is 0 Å². The molecule has 0 radical (unpaired) electrons. The summed E-state index contributed by atoms with van der Waals surface area (Å²) in [6.07, 6.45) is 0.991. The van der Waals surface area contributed by atoms with Gasteiger partial charge in [-0.15, -0.1) is 0 Å². The highest BCUT2D eigenvalue weighted by Gasteiger charge is 2.10. The summed E-state index contributed by atoms with van der Waals surface area (Å²) in [5, 5.41) is 4.57. The first kappa shape index (κ1) is 16.0. The number of anilines is 1. The molecule has 0 spiro atoms. The van der Waals surface area contributed by atoms with Crippen LogP contribution in [-0.4, -0.2) is 12.6 Å². The molecule has 0 fully saturated rings. The van der Waals surface area contributed by atoms with Gasteiger partial charge in [-0.3, -0.25) is 0 Å². The average molecular weight is 324 g/mol. The molecule has 4 heteroatoms. The molecule has 0 amide bonds. The number of nitrogens with one attached hydrogen (secondary N) is 1. The Labute approximate surface area is 136 Å². The zero-order valence-corrected chi connectivity index (χ0v) is 13.7. The van der Waals surface area contributed by atoms with Crippen molar-refractivity contribution in [2.75, 3.05) is 11.9 Å². The third kappa shape index (κ3) is 4.55. The van der Waals surface area contributed by atoms with Crippen molar-refractivity contribution < 1.29 is 4.74 Å². The maximum atomic E-state index is 6.15. The van der Waals surface area contributed by atoms with Crippen molar-refractivity contribution in [1.82, 2.24) is 0 Å². The standard InChI is InChI=1S/C17H19Cl2NO/c1-3-14(21-17-7-5-4-6-12(17)2)11-20-16-9-8-13(18)10-15(16)19/h4-10,14,20H,3,11H2,1-2H3. The predicted molar refractivity (Wildman–Crippen MR) is 90.8 cm³/mol. The van der Waals surface area contributed by atoms with E-state index in [4.69, 9.17) is 27.9 Å². The second-order valence-electron chi connectivity index (χ2n) is 4.92. The minimum atomic E-state index is 0.0813. The molecular weight excluding hydrogens is 305 g/mol. The summed E-state index contributed by atoms with van der Waals surface area (Å²) in [5.41, 5.74) is 2.01. The second kappa shape index (κ2) is 7.58. The van der Waals surface area contributed by atoms with E-state index in [0.29, 0.717) is 16.6 Å². The first-order valence-corrected chi connectivity index (χ1v) is 7.77. The van der Waals surface area contributed by atoms with Crippen LogP contribution in [0.4, 0.5) is 5.69 Å². The molecule has 0 bridgehead atoms. The highest BCUT2D eigenvalue weighted by Crippen LogP contribution is 2.26. The van der Waals surface area contributed by atoms with Gasteiger partial charge in [0.2, 0.25) is 0 Å². The Morgan fingerprint density at radius 1 is 1.14 bits per heavy atom. The summed E-state index contributed by atoms with van der Waals surface area (Å²) >= 11 is 12.0. The third-order valence-electron chi connectivity index (χ3n) is 3.29. The lowest BCUT2D eigenvalue weighted by molar-refractivity contribution is 0.208. The van der Waals surface area contributed by atoms with Gasteiger partial charge in [-0.25, -0.2) is 0 Å². The lowest BCUT2D eigenvalue weighted by atomic mass is 10.2. The SMILES string of the molecule is CCC(CNc1ccc(Cl)cc1Cl)Oc1ccccc1C. The number of benzene rings is 2. The summed E-state index contributed by atoms with van der Waals surface area (Å²) < 4.78 is 6.05. The topological polar surface area (TPSA) is 21.3 Å². The number of hydrogen-bond donors (Lipinski definition) is 1. The minimum Gasteiger partial charge on any atom is -0.488 e. The van der Waals surface area contributed by atoms with Crippen LogP contribution in [0, 0.1) is 6.92 Å². The van der Waals surface area contributed by atoms with E-state index in [0.717, 1.165) is 23.4 Å². The largest absolute Gasteiger partial charge is 0.488 e. The summed E-state index contributed by atoms with van der Waals surface area (Å²) in [7, 11) is 0. The summed E-state index contributed by atoms with van der Waals surface area (Å²) in [6.45, 7) is 4.84. The molecule has 0 heterocycles. The summed E-state index contributed by atoms with van der Waals surface area (Å²) in [6, 6.07) is 13.5. The highest BCUT2D eigenvalue weighted by molar-refractivity contribution is 6.36. The molecule has 0 aliphatic rings. The third-order valence-corrected chi connectivity index (χ3v) is 3.84. The van der Waals surface area contributed by atoms with Crippen LogP contribution in [0.3, 0.4) is 0 Å². The molecule has 0 aliphatic carbocycles. The van der Waals surface area contributed by atoms with Gasteiger partial charge in [-0.05, 0) is 43.2 Å². The van der Waals surface area contributed by atoms with Crippen LogP contribution in [-0.2, 0) is 0 Å². The Bertz CT molecular complexity index is 601. The van der Waals surface area contributed by atoms with Crippen molar-refractivity contribution in [3.05, 3.63) is 58.1 Å². The van der Waals surface area contributed by atoms with E-state index in [2.05, 4.69) is 12.2 Å². The molecule has 1 atom stereocenters. The van der Waals surface area contributed by atoms with E-state index in [-0.39, 0.29) is 6.10 Å². The average Bonchev–Trinajstić information content (AvgIpc) is 2.47. The molecule has 1 N–H and O–H groups in total. The number of rotatable bonds is 6. The first-order valence-electron chi connectivity index (χ1n) is 7.01. The van der Waals surface area contributed by atoms with Crippen molar-refractivity contribution in [2.45, 2.75) is 26.4 Å². The molecule has 2 aromatic rings. The molecule has 0 saturated heterocycles. The zero-order valence-electron chi connectivity index (χ0n) is 12.2. The molecule has 2 nitrogen and oxygen atoms in total. The fourth-order valence-corrected chi connectivity index (χ4v) is 2.47. The fraction of sp³-hybridized carbons (Fsp3) is 0.294. The van der Waals surface area contributed by atoms with Gasteiger partial charge in [0.05, 0.1) is 17.3 Å². The highest BCUT2D eigenvalue weighted by atomic mass is 35.5. The van der Waals surface area contributed by atoms with Crippen molar-refractivity contribution in [3.63, 3.8) is 0 Å². The molecular formula is C17H19Cl2NO. The number of para-hydroxylation sites is 1. The van der Waals surface area contributed by atoms with Crippen LogP contribution in [0.5, 0.6) is 5.75 Å². The van der Waals surface area contributed by atoms with Crippen molar-refractivity contribution in [3.8, 4) is 5.75 Å².